The van der Waals surface area contributed by atoms with E-state index in [2.05, 4.69) is 39.4 Å². The minimum absolute atomic E-state index is 0.256. The van der Waals surface area contributed by atoms with Crippen molar-refractivity contribution in [3.05, 3.63) is 12.7 Å². The Morgan fingerprint density at radius 1 is 1.27 bits per heavy atom. The molecule has 2 aromatic heterocycles. The number of fused-ring (bicyclic) bond motifs is 1. The van der Waals surface area contributed by atoms with Gasteiger partial charge < -0.3 is 25.6 Å². The highest BCUT2D eigenvalue weighted by atomic mass is 16.6. The molecular weight excluding hydrogens is 340 g/mol. The standard InChI is InChI=1S/C16H24N6O4/c1-4-8(5-2)21-13-9-14(19-6-18-13)22(7-20-9)16-11(24)10(23)12(26-16)15(25)17-3/h6-8,10-12,16,23-24H,4-5H2,1-3H3,(H,17,25)(H,18,19,21)/t10-,11+,12-,16?/m0/s1. The van der Waals surface area contributed by atoms with Gasteiger partial charge in [-0.1, -0.05) is 13.8 Å². The van der Waals surface area contributed by atoms with Gasteiger partial charge in [0.05, 0.1) is 6.33 Å². The molecule has 3 heterocycles. The van der Waals surface area contributed by atoms with Crippen LogP contribution in [0.25, 0.3) is 11.2 Å². The second kappa shape index (κ2) is 7.52. The second-order valence-corrected chi connectivity index (χ2v) is 6.25. The maximum Gasteiger partial charge on any atom is 0.251 e. The van der Waals surface area contributed by atoms with Gasteiger partial charge in [-0.25, -0.2) is 15.0 Å². The summed E-state index contributed by atoms with van der Waals surface area (Å²) in [4.78, 5) is 24.6. The van der Waals surface area contributed by atoms with Gasteiger partial charge in [0.2, 0.25) is 0 Å². The number of aromatic nitrogens is 4. The zero-order valence-corrected chi connectivity index (χ0v) is 15.0. The van der Waals surface area contributed by atoms with Crippen molar-refractivity contribution in [2.75, 3.05) is 12.4 Å². The van der Waals surface area contributed by atoms with Gasteiger partial charge in [0.15, 0.2) is 29.3 Å². The average molecular weight is 364 g/mol. The molecule has 0 bridgehead atoms. The number of nitrogens with zero attached hydrogens (tertiary/aromatic N) is 4. The molecule has 4 atom stereocenters. The number of rotatable bonds is 6. The van der Waals surface area contributed by atoms with Gasteiger partial charge in [-0.2, -0.15) is 0 Å². The fraction of sp³-hybridized carbons (Fsp3) is 0.625. The number of likely N-dealkylation sites (N-methyl/N-ethyl adjacent to an activating group) is 1. The normalized spacial score (nSPS) is 25.8. The molecule has 26 heavy (non-hydrogen) atoms. The SMILES string of the molecule is CCC(CC)Nc1ncnc2c1ncn2C1O[C@H](C(=O)NC)[C@@H](O)[C@H]1O. The zero-order valence-electron chi connectivity index (χ0n) is 15.0. The zero-order chi connectivity index (χ0) is 18.8. The summed E-state index contributed by atoms with van der Waals surface area (Å²) in [5.41, 5.74) is 0.982. The molecule has 0 aromatic carbocycles. The van der Waals surface area contributed by atoms with Gasteiger partial charge in [0.1, 0.15) is 18.5 Å². The van der Waals surface area contributed by atoms with E-state index >= 15 is 0 Å². The molecule has 1 fully saturated rings. The molecule has 1 unspecified atom stereocenters. The number of imidazole rings is 1. The Morgan fingerprint density at radius 3 is 2.65 bits per heavy atom. The summed E-state index contributed by atoms with van der Waals surface area (Å²) in [6.45, 7) is 4.17. The lowest BCUT2D eigenvalue weighted by molar-refractivity contribution is -0.137. The van der Waals surface area contributed by atoms with Crippen LogP contribution in [0.1, 0.15) is 32.9 Å². The molecule has 2 aromatic rings. The highest BCUT2D eigenvalue weighted by Crippen LogP contribution is 2.32. The topological polar surface area (TPSA) is 134 Å². The van der Waals surface area contributed by atoms with Crippen molar-refractivity contribution in [2.24, 2.45) is 0 Å². The van der Waals surface area contributed by atoms with E-state index in [0.717, 1.165) is 12.8 Å². The van der Waals surface area contributed by atoms with E-state index in [4.69, 9.17) is 4.74 Å². The molecule has 0 spiro atoms. The van der Waals surface area contributed by atoms with Gasteiger partial charge in [-0.15, -0.1) is 0 Å². The summed E-state index contributed by atoms with van der Waals surface area (Å²) in [5, 5.41) is 26.2. The van der Waals surface area contributed by atoms with Crippen LogP contribution in [-0.2, 0) is 9.53 Å². The van der Waals surface area contributed by atoms with Crippen molar-refractivity contribution in [3.8, 4) is 0 Å². The summed E-state index contributed by atoms with van der Waals surface area (Å²) in [6, 6.07) is 0.256. The lowest BCUT2D eigenvalue weighted by atomic mass is 10.1. The molecule has 0 saturated carbocycles. The van der Waals surface area contributed by atoms with Crippen molar-refractivity contribution in [2.45, 2.75) is 57.3 Å². The third-order valence-corrected chi connectivity index (χ3v) is 4.70. The number of carbonyl (C=O) groups is 1. The lowest BCUT2D eigenvalue weighted by Crippen LogP contribution is -2.41. The van der Waals surface area contributed by atoms with Crippen LogP contribution in [0.4, 0.5) is 5.82 Å². The Labute approximate surface area is 150 Å². The predicted octanol–water partition coefficient (Wildman–Crippen LogP) is -0.208. The summed E-state index contributed by atoms with van der Waals surface area (Å²) in [6.07, 6.45) is -0.0415. The van der Waals surface area contributed by atoms with E-state index in [1.807, 2.05) is 0 Å². The van der Waals surface area contributed by atoms with Gasteiger partial charge in [-0.3, -0.25) is 9.36 Å². The van der Waals surface area contributed by atoms with Crippen molar-refractivity contribution in [1.29, 1.82) is 0 Å². The lowest BCUT2D eigenvalue weighted by Gasteiger charge is -2.17. The highest BCUT2D eigenvalue weighted by Gasteiger charge is 2.47. The van der Waals surface area contributed by atoms with E-state index in [0.29, 0.717) is 17.0 Å². The molecule has 142 valence electrons. The first-order valence-corrected chi connectivity index (χ1v) is 8.69. The number of carbonyl (C=O) groups excluding carboxylic acids is 1. The number of nitrogens with one attached hydrogen (secondary N) is 2. The van der Waals surface area contributed by atoms with E-state index in [1.165, 1.54) is 24.3 Å². The number of hydrogen-bond donors (Lipinski definition) is 4. The van der Waals surface area contributed by atoms with Crippen molar-refractivity contribution in [1.82, 2.24) is 24.8 Å². The van der Waals surface area contributed by atoms with Crippen LogP contribution in [-0.4, -0.2) is 67.0 Å². The van der Waals surface area contributed by atoms with E-state index < -0.39 is 30.4 Å². The molecule has 3 rings (SSSR count). The Morgan fingerprint density at radius 2 is 2.00 bits per heavy atom. The fourth-order valence-corrected chi connectivity index (χ4v) is 3.08. The van der Waals surface area contributed by atoms with Gasteiger partial charge in [0, 0.05) is 13.1 Å². The minimum Gasteiger partial charge on any atom is -0.387 e. The Hall–Kier alpha value is -2.30. The van der Waals surface area contributed by atoms with Crippen LogP contribution in [0.5, 0.6) is 0 Å². The molecule has 0 aliphatic carbocycles. The molecule has 1 aliphatic rings. The van der Waals surface area contributed by atoms with Crippen LogP contribution in [0, 0.1) is 0 Å². The third-order valence-electron chi connectivity index (χ3n) is 4.70. The van der Waals surface area contributed by atoms with E-state index in [9.17, 15) is 15.0 Å². The van der Waals surface area contributed by atoms with Crippen LogP contribution in [0.2, 0.25) is 0 Å². The molecule has 4 N–H and O–H groups in total. The van der Waals surface area contributed by atoms with Gasteiger partial charge in [0.25, 0.3) is 5.91 Å². The quantitative estimate of drug-likeness (QED) is 0.553. The number of aliphatic hydroxyl groups is 2. The molecule has 1 amide bonds. The minimum atomic E-state index is -1.35. The monoisotopic (exact) mass is 364 g/mol. The molecule has 0 radical (unpaired) electrons. The maximum atomic E-state index is 11.8. The first-order valence-electron chi connectivity index (χ1n) is 8.69. The Kier molecular flexibility index (Phi) is 5.35. The van der Waals surface area contributed by atoms with E-state index in [-0.39, 0.29) is 6.04 Å². The maximum absolute atomic E-state index is 11.8. The molecule has 10 nitrogen and oxygen atoms in total. The summed E-state index contributed by atoms with van der Waals surface area (Å²) in [5.74, 6) is 0.0903. The van der Waals surface area contributed by atoms with Crippen LogP contribution >= 0.6 is 0 Å². The van der Waals surface area contributed by atoms with Gasteiger partial charge in [-0.05, 0) is 12.8 Å². The molecule has 1 saturated heterocycles. The van der Waals surface area contributed by atoms with Gasteiger partial charge >= 0.3 is 0 Å². The largest absolute Gasteiger partial charge is 0.387 e. The van der Waals surface area contributed by atoms with Crippen LogP contribution in [0.3, 0.4) is 0 Å². The van der Waals surface area contributed by atoms with Crippen LogP contribution < -0.4 is 10.6 Å². The number of amides is 1. The second-order valence-electron chi connectivity index (χ2n) is 6.25. The van der Waals surface area contributed by atoms with Crippen molar-refractivity contribution >= 4 is 22.9 Å². The average Bonchev–Trinajstić information content (AvgIpc) is 3.21. The molecule has 1 aliphatic heterocycles. The Balaban J connectivity index is 1.93. The Bertz CT molecular complexity index is 777. The van der Waals surface area contributed by atoms with Crippen molar-refractivity contribution in [3.63, 3.8) is 0 Å². The third kappa shape index (κ3) is 3.11. The highest BCUT2D eigenvalue weighted by molar-refractivity contribution is 5.83. The summed E-state index contributed by atoms with van der Waals surface area (Å²) in [7, 11) is 1.44. The molecule has 10 heteroatoms. The first kappa shape index (κ1) is 18.5. The number of ether oxygens (including phenoxy) is 1. The summed E-state index contributed by atoms with van der Waals surface area (Å²) < 4.78 is 7.09. The first-order chi connectivity index (χ1) is 12.5. The number of hydrogen-bond acceptors (Lipinski definition) is 8. The van der Waals surface area contributed by atoms with Crippen molar-refractivity contribution < 1.29 is 19.7 Å². The number of aliphatic hydroxyl groups excluding tert-OH is 2. The van der Waals surface area contributed by atoms with Crippen LogP contribution in [0.15, 0.2) is 12.7 Å². The fourth-order valence-electron chi connectivity index (χ4n) is 3.08. The molecular formula is C16H24N6O4. The summed E-state index contributed by atoms with van der Waals surface area (Å²) >= 11 is 0. The number of anilines is 1. The van der Waals surface area contributed by atoms with E-state index in [1.54, 1.807) is 0 Å². The smallest absolute Gasteiger partial charge is 0.251 e. The predicted molar refractivity (Wildman–Crippen MR) is 93.3 cm³/mol.